The summed E-state index contributed by atoms with van der Waals surface area (Å²) in [5.41, 5.74) is 5.92. The fourth-order valence-corrected chi connectivity index (χ4v) is 4.41. The topological polar surface area (TPSA) is 53.9 Å². The highest BCUT2D eigenvalue weighted by Crippen LogP contribution is 2.32. The molecule has 0 radical (unpaired) electrons. The molecule has 0 saturated carbocycles. The van der Waals surface area contributed by atoms with E-state index in [2.05, 4.69) is 32.1 Å². The zero-order valence-electron chi connectivity index (χ0n) is 15.4. The predicted molar refractivity (Wildman–Crippen MR) is 113 cm³/mol. The number of hydrogen-bond donors (Lipinski definition) is 1. The lowest BCUT2D eigenvalue weighted by Gasteiger charge is -2.26. The summed E-state index contributed by atoms with van der Waals surface area (Å²) in [5, 5.41) is 5.76. The van der Waals surface area contributed by atoms with E-state index in [-0.39, 0.29) is 5.91 Å². The quantitative estimate of drug-likeness (QED) is 0.500. The number of benzene rings is 2. The van der Waals surface area contributed by atoms with Crippen LogP contribution in [-0.4, -0.2) is 32.1 Å². The molecule has 28 heavy (non-hydrogen) atoms. The van der Waals surface area contributed by atoms with Gasteiger partial charge in [-0.1, -0.05) is 30.3 Å². The Labute approximate surface area is 171 Å². The molecule has 1 aliphatic heterocycles. The van der Waals surface area contributed by atoms with Gasteiger partial charge in [0.15, 0.2) is 5.69 Å². The third-order valence-corrected chi connectivity index (χ3v) is 6.01. The molecule has 0 aliphatic carbocycles. The van der Waals surface area contributed by atoms with Crippen molar-refractivity contribution in [3.05, 3.63) is 81.7 Å². The monoisotopic (exact) mass is 434 g/mol. The number of aromatic amines is 1. The van der Waals surface area contributed by atoms with Gasteiger partial charge in [-0.25, -0.2) is 4.68 Å². The number of aromatic nitrogens is 3. The summed E-state index contributed by atoms with van der Waals surface area (Å²) in [6.07, 6.45) is 0.820. The van der Waals surface area contributed by atoms with Crippen molar-refractivity contribution in [2.24, 2.45) is 0 Å². The van der Waals surface area contributed by atoms with E-state index in [0.29, 0.717) is 18.8 Å². The average Bonchev–Trinajstić information content (AvgIpc) is 3.29. The van der Waals surface area contributed by atoms with Crippen LogP contribution in [0.25, 0.3) is 16.6 Å². The largest absolute Gasteiger partial charge is 0.357 e. The minimum absolute atomic E-state index is 0.0206. The molecule has 140 valence electrons. The van der Waals surface area contributed by atoms with Crippen LogP contribution in [0.5, 0.6) is 0 Å². The Bertz CT molecular complexity index is 1190. The number of fused-ring (bicyclic) bond motifs is 3. The number of hydrogen-bond acceptors (Lipinski definition) is 2. The Morgan fingerprint density at radius 1 is 1.14 bits per heavy atom. The molecule has 2 aromatic carbocycles. The van der Waals surface area contributed by atoms with Gasteiger partial charge in [0, 0.05) is 46.3 Å². The van der Waals surface area contributed by atoms with Crippen molar-refractivity contribution in [2.75, 3.05) is 6.54 Å². The molecule has 0 saturated heterocycles. The van der Waals surface area contributed by atoms with Crippen LogP contribution in [0.1, 0.15) is 27.4 Å². The molecular formula is C22H19BrN4O. The van der Waals surface area contributed by atoms with Gasteiger partial charge in [-0.3, -0.25) is 4.79 Å². The van der Waals surface area contributed by atoms with Gasteiger partial charge < -0.3 is 9.88 Å². The highest BCUT2D eigenvalue weighted by Gasteiger charge is 2.27. The van der Waals surface area contributed by atoms with Crippen molar-refractivity contribution in [1.82, 2.24) is 19.7 Å². The molecule has 0 unspecified atom stereocenters. The molecule has 3 heterocycles. The standard InChI is InChI=1S/C22H19BrN4O/c1-14-12-20(25-27(14)15-6-3-2-4-7-15)22(28)26-11-10-19-17(13-26)16-8-5-9-18(23)21(16)24-19/h2-9,12,24H,10-11,13H2,1H3. The molecule has 1 N–H and O–H groups in total. The summed E-state index contributed by atoms with van der Waals surface area (Å²) in [5.74, 6) is -0.0206. The van der Waals surface area contributed by atoms with E-state index >= 15 is 0 Å². The average molecular weight is 435 g/mol. The number of nitrogens with zero attached hydrogens (tertiary/aromatic N) is 3. The Balaban J connectivity index is 1.46. The summed E-state index contributed by atoms with van der Waals surface area (Å²) in [7, 11) is 0. The summed E-state index contributed by atoms with van der Waals surface area (Å²) in [6, 6.07) is 17.9. The lowest BCUT2D eigenvalue weighted by Crippen LogP contribution is -2.36. The highest BCUT2D eigenvalue weighted by atomic mass is 79.9. The number of nitrogens with one attached hydrogen (secondary N) is 1. The van der Waals surface area contributed by atoms with Crippen LogP contribution in [0.3, 0.4) is 0 Å². The van der Waals surface area contributed by atoms with E-state index in [0.717, 1.165) is 27.8 Å². The summed E-state index contributed by atoms with van der Waals surface area (Å²) < 4.78 is 2.88. The second-order valence-electron chi connectivity index (χ2n) is 7.14. The first-order valence-electron chi connectivity index (χ1n) is 9.31. The molecule has 2 aromatic heterocycles. The lowest BCUT2D eigenvalue weighted by molar-refractivity contribution is 0.0728. The zero-order chi connectivity index (χ0) is 19.3. The van der Waals surface area contributed by atoms with Crippen LogP contribution in [0.15, 0.2) is 59.1 Å². The van der Waals surface area contributed by atoms with Crippen LogP contribution in [-0.2, 0) is 13.0 Å². The fraction of sp³-hybridized carbons (Fsp3) is 0.182. The molecule has 5 rings (SSSR count). The molecular weight excluding hydrogens is 416 g/mol. The van der Waals surface area contributed by atoms with Gasteiger partial charge in [0.1, 0.15) is 0 Å². The number of halogens is 1. The normalized spacial score (nSPS) is 13.7. The molecule has 1 amide bonds. The van der Waals surface area contributed by atoms with Crippen LogP contribution in [0.2, 0.25) is 0 Å². The van der Waals surface area contributed by atoms with Crippen molar-refractivity contribution >= 4 is 32.7 Å². The highest BCUT2D eigenvalue weighted by molar-refractivity contribution is 9.10. The first kappa shape index (κ1) is 17.3. The van der Waals surface area contributed by atoms with E-state index in [1.165, 1.54) is 16.6 Å². The Hall–Kier alpha value is -2.86. The van der Waals surface area contributed by atoms with Crippen LogP contribution in [0, 0.1) is 6.92 Å². The number of carbonyl (C=O) groups is 1. The molecule has 0 atom stereocenters. The van der Waals surface area contributed by atoms with Gasteiger partial charge in [0.2, 0.25) is 0 Å². The molecule has 4 aromatic rings. The maximum absolute atomic E-state index is 13.2. The van der Waals surface area contributed by atoms with Crippen LogP contribution >= 0.6 is 15.9 Å². The molecule has 5 nitrogen and oxygen atoms in total. The van der Waals surface area contributed by atoms with Crippen molar-refractivity contribution in [3.63, 3.8) is 0 Å². The molecule has 0 bridgehead atoms. The lowest BCUT2D eigenvalue weighted by atomic mass is 10.0. The van der Waals surface area contributed by atoms with Crippen LogP contribution in [0.4, 0.5) is 0 Å². The SMILES string of the molecule is Cc1cc(C(=O)N2CCc3[nH]c4c(Br)cccc4c3C2)nn1-c1ccccc1. The van der Waals surface area contributed by atoms with E-state index < -0.39 is 0 Å². The Kier molecular flexibility index (Phi) is 4.09. The van der Waals surface area contributed by atoms with E-state index in [9.17, 15) is 4.79 Å². The number of rotatable bonds is 2. The summed E-state index contributed by atoms with van der Waals surface area (Å²) in [6.45, 7) is 3.26. The number of H-pyrrole nitrogens is 1. The van der Waals surface area contributed by atoms with Crippen molar-refractivity contribution in [2.45, 2.75) is 19.9 Å². The van der Waals surface area contributed by atoms with E-state index in [4.69, 9.17) is 0 Å². The number of aryl methyl sites for hydroxylation is 1. The molecule has 0 spiro atoms. The van der Waals surface area contributed by atoms with Gasteiger partial charge in [-0.2, -0.15) is 5.10 Å². The fourth-order valence-electron chi connectivity index (χ4n) is 3.95. The number of amides is 1. The van der Waals surface area contributed by atoms with Gasteiger partial charge >= 0.3 is 0 Å². The minimum atomic E-state index is -0.0206. The van der Waals surface area contributed by atoms with Gasteiger partial charge in [0.25, 0.3) is 5.91 Å². The number of carbonyl (C=O) groups excluding carboxylic acids is 1. The predicted octanol–water partition coefficient (Wildman–Crippen LogP) is 4.62. The maximum Gasteiger partial charge on any atom is 0.274 e. The number of para-hydroxylation sites is 2. The van der Waals surface area contributed by atoms with Crippen LogP contribution < -0.4 is 0 Å². The smallest absolute Gasteiger partial charge is 0.274 e. The maximum atomic E-state index is 13.2. The van der Waals surface area contributed by atoms with Gasteiger partial charge in [-0.15, -0.1) is 0 Å². The molecule has 6 heteroatoms. The molecule has 0 fully saturated rings. The second-order valence-corrected chi connectivity index (χ2v) is 7.99. The summed E-state index contributed by atoms with van der Waals surface area (Å²) >= 11 is 3.61. The van der Waals surface area contributed by atoms with E-state index in [1.54, 1.807) is 0 Å². The van der Waals surface area contributed by atoms with Gasteiger partial charge in [0.05, 0.1) is 11.2 Å². The first-order valence-corrected chi connectivity index (χ1v) is 10.1. The minimum Gasteiger partial charge on any atom is -0.357 e. The van der Waals surface area contributed by atoms with Crippen molar-refractivity contribution in [3.8, 4) is 5.69 Å². The second kappa shape index (κ2) is 6.63. The Morgan fingerprint density at radius 3 is 2.79 bits per heavy atom. The zero-order valence-corrected chi connectivity index (χ0v) is 17.0. The summed E-state index contributed by atoms with van der Waals surface area (Å²) in [4.78, 5) is 18.6. The Morgan fingerprint density at radius 2 is 1.96 bits per heavy atom. The third-order valence-electron chi connectivity index (χ3n) is 5.35. The molecule has 1 aliphatic rings. The van der Waals surface area contributed by atoms with Crippen molar-refractivity contribution < 1.29 is 4.79 Å². The third kappa shape index (κ3) is 2.76. The first-order chi connectivity index (χ1) is 13.6. The van der Waals surface area contributed by atoms with E-state index in [1.807, 2.05) is 65.0 Å². The van der Waals surface area contributed by atoms with Gasteiger partial charge in [-0.05, 0) is 47.1 Å². The van der Waals surface area contributed by atoms with Crippen molar-refractivity contribution in [1.29, 1.82) is 0 Å².